The van der Waals surface area contributed by atoms with Crippen LogP contribution in [0.1, 0.15) is 26.7 Å². The quantitative estimate of drug-likeness (QED) is 0.356. The number of carbonyl (C=O) groups excluding carboxylic acids is 4. The van der Waals surface area contributed by atoms with Crippen molar-refractivity contribution in [1.29, 1.82) is 5.26 Å². The van der Waals surface area contributed by atoms with Crippen LogP contribution < -0.4 is 10.6 Å². The SMILES string of the molecule is CCC1(CC)NC(=O)N(CC(=O)OCC(=O)Nc2ccccc2SCC#N)C1=O. The van der Waals surface area contributed by atoms with Gasteiger partial charge in [-0.1, -0.05) is 26.0 Å². The molecule has 0 atom stereocenters. The minimum atomic E-state index is -1.00. The van der Waals surface area contributed by atoms with Crippen molar-refractivity contribution in [2.24, 2.45) is 0 Å². The molecule has 0 aromatic heterocycles. The van der Waals surface area contributed by atoms with Crippen molar-refractivity contribution in [3.8, 4) is 6.07 Å². The zero-order valence-electron chi connectivity index (χ0n) is 16.2. The van der Waals surface area contributed by atoms with Crippen molar-refractivity contribution in [3.63, 3.8) is 0 Å². The molecule has 1 heterocycles. The highest BCUT2D eigenvalue weighted by Gasteiger charge is 2.49. The fourth-order valence-corrected chi connectivity index (χ4v) is 3.53. The molecule has 1 aromatic carbocycles. The summed E-state index contributed by atoms with van der Waals surface area (Å²) < 4.78 is 4.91. The van der Waals surface area contributed by atoms with Gasteiger partial charge in [0.25, 0.3) is 11.8 Å². The van der Waals surface area contributed by atoms with Crippen LogP contribution in [0.3, 0.4) is 0 Å². The molecule has 0 saturated carbocycles. The molecule has 0 bridgehead atoms. The number of anilines is 1. The number of urea groups is 1. The first-order valence-corrected chi connectivity index (χ1v) is 10.0. The second kappa shape index (κ2) is 9.93. The maximum Gasteiger partial charge on any atom is 0.326 e. The average molecular weight is 418 g/mol. The summed E-state index contributed by atoms with van der Waals surface area (Å²) in [7, 11) is 0. The van der Waals surface area contributed by atoms with E-state index in [1.54, 1.807) is 38.1 Å². The van der Waals surface area contributed by atoms with E-state index in [1.165, 1.54) is 11.8 Å². The Labute approximate surface area is 172 Å². The highest BCUT2D eigenvalue weighted by Crippen LogP contribution is 2.27. The van der Waals surface area contributed by atoms with Gasteiger partial charge in [-0.3, -0.25) is 19.3 Å². The Kier molecular flexibility index (Phi) is 7.61. The van der Waals surface area contributed by atoms with Crippen LogP contribution in [0, 0.1) is 11.3 Å². The lowest BCUT2D eigenvalue weighted by atomic mass is 9.93. The van der Waals surface area contributed by atoms with Gasteiger partial charge in [-0.25, -0.2) is 4.79 Å². The first-order valence-electron chi connectivity index (χ1n) is 9.05. The first-order chi connectivity index (χ1) is 13.9. The number of esters is 1. The van der Waals surface area contributed by atoms with Crippen molar-refractivity contribution in [2.75, 3.05) is 24.2 Å². The smallest absolute Gasteiger partial charge is 0.326 e. The zero-order valence-corrected chi connectivity index (χ0v) is 17.0. The molecule has 1 aromatic rings. The third-order valence-electron chi connectivity index (χ3n) is 4.56. The van der Waals surface area contributed by atoms with Gasteiger partial charge in [0.05, 0.1) is 17.5 Å². The van der Waals surface area contributed by atoms with Crippen LogP contribution in [0.5, 0.6) is 0 Å². The van der Waals surface area contributed by atoms with Crippen LogP contribution >= 0.6 is 11.8 Å². The van der Waals surface area contributed by atoms with Crippen molar-refractivity contribution in [1.82, 2.24) is 10.2 Å². The molecule has 154 valence electrons. The summed E-state index contributed by atoms with van der Waals surface area (Å²) in [5, 5.41) is 13.9. The van der Waals surface area contributed by atoms with E-state index in [1.807, 2.05) is 6.07 Å². The van der Waals surface area contributed by atoms with Gasteiger partial charge in [0.15, 0.2) is 6.61 Å². The molecule has 1 saturated heterocycles. The predicted octanol–water partition coefficient (Wildman–Crippen LogP) is 1.89. The van der Waals surface area contributed by atoms with Gasteiger partial charge < -0.3 is 15.4 Å². The van der Waals surface area contributed by atoms with Gasteiger partial charge in [-0.15, -0.1) is 11.8 Å². The number of imide groups is 1. The van der Waals surface area contributed by atoms with Gasteiger partial charge >= 0.3 is 12.0 Å². The normalized spacial score (nSPS) is 14.9. The molecule has 4 amide bonds. The highest BCUT2D eigenvalue weighted by molar-refractivity contribution is 7.99. The largest absolute Gasteiger partial charge is 0.454 e. The minimum Gasteiger partial charge on any atom is -0.454 e. The fraction of sp³-hybridized carbons (Fsp3) is 0.421. The topological polar surface area (TPSA) is 129 Å². The van der Waals surface area contributed by atoms with Crippen LogP contribution in [-0.4, -0.2) is 53.2 Å². The van der Waals surface area contributed by atoms with Crippen LogP contribution in [0.25, 0.3) is 0 Å². The number of thioether (sulfide) groups is 1. The number of hydrogen-bond donors (Lipinski definition) is 2. The van der Waals surface area contributed by atoms with E-state index in [-0.39, 0.29) is 5.75 Å². The lowest BCUT2D eigenvalue weighted by Crippen LogP contribution is -2.46. The molecule has 2 rings (SSSR count). The molecule has 0 radical (unpaired) electrons. The summed E-state index contributed by atoms with van der Waals surface area (Å²) in [6.45, 7) is 2.43. The van der Waals surface area contributed by atoms with Crippen molar-refractivity contribution >= 4 is 41.3 Å². The van der Waals surface area contributed by atoms with E-state index in [4.69, 9.17) is 10.00 Å². The molecule has 0 unspecified atom stereocenters. The number of benzene rings is 1. The number of hydrogen-bond acceptors (Lipinski definition) is 7. The van der Waals surface area contributed by atoms with E-state index >= 15 is 0 Å². The summed E-state index contributed by atoms with van der Waals surface area (Å²) in [6, 6.07) is 8.29. The minimum absolute atomic E-state index is 0.227. The Bertz CT molecular complexity index is 847. The van der Waals surface area contributed by atoms with Crippen LogP contribution in [0.2, 0.25) is 0 Å². The summed E-state index contributed by atoms with van der Waals surface area (Å²) in [5.74, 6) is -1.68. The number of nitrogens with zero attached hydrogens (tertiary/aromatic N) is 2. The van der Waals surface area contributed by atoms with Gasteiger partial charge in [-0.2, -0.15) is 5.26 Å². The number of ether oxygens (including phenoxy) is 1. The molecule has 29 heavy (non-hydrogen) atoms. The summed E-state index contributed by atoms with van der Waals surface area (Å²) in [5.41, 5.74) is -0.502. The molecule has 1 fully saturated rings. The third-order valence-corrected chi connectivity index (χ3v) is 5.50. The lowest BCUT2D eigenvalue weighted by Gasteiger charge is -2.22. The monoisotopic (exact) mass is 418 g/mol. The van der Waals surface area contributed by atoms with E-state index in [0.717, 1.165) is 4.90 Å². The van der Waals surface area contributed by atoms with Crippen LogP contribution in [0.4, 0.5) is 10.5 Å². The lowest BCUT2D eigenvalue weighted by molar-refractivity contribution is -0.150. The Morgan fingerprint density at radius 2 is 1.97 bits per heavy atom. The van der Waals surface area contributed by atoms with Gasteiger partial charge in [0, 0.05) is 4.90 Å². The Morgan fingerprint density at radius 1 is 1.28 bits per heavy atom. The highest BCUT2D eigenvalue weighted by atomic mass is 32.2. The zero-order chi connectivity index (χ0) is 21.4. The number of rotatable bonds is 9. The number of nitrogens with one attached hydrogen (secondary N) is 2. The maximum atomic E-state index is 12.5. The average Bonchev–Trinajstić information content (AvgIpc) is 2.96. The summed E-state index contributed by atoms with van der Waals surface area (Å²) >= 11 is 1.27. The second-order valence-electron chi connectivity index (χ2n) is 6.26. The number of para-hydroxylation sites is 1. The molecule has 1 aliphatic rings. The molecule has 2 N–H and O–H groups in total. The Hall–Kier alpha value is -3.06. The van der Waals surface area contributed by atoms with Crippen molar-refractivity contribution in [2.45, 2.75) is 37.1 Å². The maximum absolute atomic E-state index is 12.5. The number of nitriles is 1. The number of amides is 4. The predicted molar refractivity (Wildman–Crippen MR) is 106 cm³/mol. The Morgan fingerprint density at radius 3 is 2.59 bits per heavy atom. The molecular formula is C19H22N4O5S. The standard InChI is InChI=1S/C19H22N4O5S/c1-3-19(4-2)17(26)23(18(27)22-19)11-16(25)28-12-15(24)21-13-7-5-6-8-14(13)29-10-9-20/h5-8H,3-4,10-12H2,1-2H3,(H,21,24)(H,22,27). The van der Waals surface area contributed by atoms with Crippen molar-refractivity contribution < 1.29 is 23.9 Å². The molecular weight excluding hydrogens is 396 g/mol. The van der Waals surface area contributed by atoms with Gasteiger partial charge in [-0.05, 0) is 25.0 Å². The first kappa shape index (κ1) is 22.2. The number of carbonyl (C=O) groups is 4. The van der Waals surface area contributed by atoms with Gasteiger partial charge in [0.1, 0.15) is 12.1 Å². The van der Waals surface area contributed by atoms with E-state index < -0.39 is 42.5 Å². The third kappa shape index (κ3) is 5.26. The Balaban J connectivity index is 1.89. The van der Waals surface area contributed by atoms with Crippen LogP contribution in [-0.2, 0) is 19.1 Å². The van der Waals surface area contributed by atoms with Crippen molar-refractivity contribution in [3.05, 3.63) is 24.3 Å². The molecule has 10 heteroatoms. The van der Waals surface area contributed by atoms with E-state index in [0.29, 0.717) is 23.4 Å². The molecule has 0 aliphatic carbocycles. The second-order valence-corrected chi connectivity index (χ2v) is 7.28. The fourth-order valence-electron chi connectivity index (χ4n) is 2.86. The van der Waals surface area contributed by atoms with E-state index in [2.05, 4.69) is 10.6 Å². The molecule has 0 spiro atoms. The van der Waals surface area contributed by atoms with E-state index in [9.17, 15) is 19.2 Å². The van der Waals surface area contributed by atoms with Gasteiger partial charge in [0.2, 0.25) is 0 Å². The summed E-state index contributed by atoms with van der Waals surface area (Å²) in [4.78, 5) is 50.1. The molecule has 9 nitrogen and oxygen atoms in total. The molecule has 1 aliphatic heterocycles. The van der Waals surface area contributed by atoms with Crippen LogP contribution in [0.15, 0.2) is 29.2 Å². The summed E-state index contributed by atoms with van der Waals surface area (Å²) in [6.07, 6.45) is 0.816.